The number of rotatable bonds is 6. The highest BCUT2D eigenvalue weighted by molar-refractivity contribution is 5.47. The molecule has 19 heavy (non-hydrogen) atoms. The molecule has 0 unspecified atom stereocenters. The van der Waals surface area contributed by atoms with Crippen LogP contribution in [0.1, 0.15) is 51.1 Å². The molecule has 3 nitrogen and oxygen atoms in total. The number of nitrogens with zero attached hydrogens (tertiary/aromatic N) is 2. The van der Waals surface area contributed by atoms with Crippen molar-refractivity contribution < 1.29 is 0 Å². The molecule has 1 N–H and O–H groups in total. The van der Waals surface area contributed by atoms with E-state index >= 15 is 0 Å². The van der Waals surface area contributed by atoms with Gasteiger partial charge in [0.2, 0.25) is 0 Å². The van der Waals surface area contributed by atoms with Crippen molar-refractivity contribution in [3.63, 3.8) is 0 Å². The molecule has 0 bridgehead atoms. The van der Waals surface area contributed by atoms with Crippen molar-refractivity contribution in [3.05, 3.63) is 24.0 Å². The quantitative estimate of drug-likeness (QED) is 0.851. The van der Waals surface area contributed by atoms with Crippen LogP contribution in [0.5, 0.6) is 0 Å². The first-order valence-corrected chi connectivity index (χ1v) is 7.82. The van der Waals surface area contributed by atoms with Gasteiger partial charge in [-0.15, -0.1) is 0 Å². The summed E-state index contributed by atoms with van der Waals surface area (Å²) in [5.74, 6) is 0. The van der Waals surface area contributed by atoms with Gasteiger partial charge in [-0.3, -0.25) is 4.98 Å². The Labute approximate surface area is 116 Å². The lowest BCUT2D eigenvalue weighted by Gasteiger charge is -2.30. The van der Waals surface area contributed by atoms with Crippen LogP contribution in [0.4, 0.5) is 5.69 Å². The van der Waals surface area contributed by atoms with Gasteiger partial charge in [0.05, 0.1) is 5.69 Å². The maximum atomic E-state index is 4.49. The Kier molecular flexibility index (Phi) is 4.02. The second-order valence-corrected chi connectivity index (χ2v) is 5.88. The number of hydrogen-bond donors (Lipinski definition) is 1. The van der Waals surface area contributed by atoms with Crippen LogP contribution in [-0.4, -0.2) is 23.6 Å². The predicted octanol–water partition coefficient (Wildman–Crippen LogP) is 3.10. The molecule has 0 aromatic carbocycles. The fraction of sp³-hybridized carbons (Fsp3) is 0.688. The second-order valence-electron chi connectivity index (χ2n) is 5.88. The summed E-state index contributed by atoms with van der Waals surface area (Å²) in [7, 11) is 0. The van der Waals surface area contributed by atoms with Crippen molar-refractivity contribution in [3.8, 4) is 0 Å². The van der Waals surface area contributed by atoms with Crippen LogP contribution in [0.2, 0.25) is 0 Å². The zero-order valence-electron chi connectivity index (χ0n) is 11.9. The third kappa shape index (κ3) is 3.27. The van der Waals surface area contributed by atoms with Gasteiger partial charge < -0.3 is 10.2 Å². The Morgan fingerprint density at radius 3 is 2.74 bits per heavy atom. The van der Waals surface area contributed by atoms with E-state index in [-0.39, 0.29) is 0 Å². The van der Waals surface area contributed by atoms with E-state index in [1.54, 1.807) is 0 Å². The molecule has 0 spiro atoms. The molecule has 2 fully saturated rings. The molecular formula is C16H25N3. The largest absolute Gasteiger partial charge is 0.369 e. The summed E-state index contributed by atoms with van der Waals surface area (Å²) in [6, 6.07) is 5.94. The van der Waals surface area contributed by atoms with Gasteiger partial charge in [0.15, 0.2) is 0 Å². The summed E-state index contributed by atoms with van der Waals surface area (Å²) in [5.41, 5.74) is 2.54. The number of pyridine rings is 1. The molecular weight excluding hydrogens is 234 g/mol. The van der Waals surface area contributed by atoms with Gasteiger partial charge in [-0.2, -0.15) is 0 Å². The van der Waals surface area contributed by atoms with Gasteiger partial charge in [-0.1, -0.05) is 12.8 Å². The van der Waals surface area contributed by atoms with E-state index in [0.29, 0.717) is 0 Å². The lowest BCUT2D eigenvalue weighted by atomic mass is 10.2. The fourth-order valence-electron chi connectivity index (χ4n) is 3.14. The molecule has 0 atom stereocenters. The van der Waals surface area contributed by atoms with Crippen LogP contribution in [0.15, 0.2) is 18.3 Å². The van der Waals surface area contributed by atoms with Crippen molar-refractivity contribution in [1.82, 2.24) is 10.3 Å². The smallest absolute Gasteiger partial charge is 0.0562 e. The summed E-state index contributed by atoms with van der Waals surface area (Å²) in [6.45, 7) is 4.28. The van der Waals surface area contributed by atoms with Crippen LogP contribution < -0.4 is 10.2 Å². The summed E-state index contributed by atoms with van der Waals surface area (Å²) < 4.78 is 0. The highest BCUT2D eigenvalue weighted by atomic mass is 15.2. The van der Waals surface area contributed by atoms with E-state index in [2.05, 4.69) is 34.3 Å². The topological polar surface area (TPSA) is 28.2 Å². The van der Waals surface area contributed by atoms with E-state index in [4.69, 9.17) is 0 Å². The van der Waals surface area contributed by atoms with Crippen molar-refractivity contribution in [2.75, 3.05) is 11.4 Å². The molecule has 2 aliphatic carbocycles. The van der Waals surface area contributed by atoms with E-state index in [9.17, 15) is 0 Å². The van der Waals surface area contributed by atoms with Gasteiger partial charge in [-0.05, 0) is 44.7 Å². The van der Waals surface area contributed by atoms with Gasteiger partial charge >= 0.3 is 0 Å². The predicted molar refractivity (Wildman–Crippen MR) is 79.4 cm³/mol. The Morgan fingerprint density at radius 2 is 2.05 bits per heavy atom. The van der Waals surface area contributed by atoms with Crippen LogP contribution in [0.3, 0.4) is 0 Å². The molecule has 0 amide bonds. The maximum Gasteiger partial charge on any atom is 0.0562 e. The SMILES string of the molecule is CCN(c1ccnc(CNC2CC2)c1)C1CCCC1. The maximum absolute atomic E-state index is 4.49. The summed E-state index contributed by atoms with van der Waals surface area (Å²) in [6.07, 6.45) is 10.1. The third-order valence-corrected chi connectivity index (χ3v) is 4.39. The molecule has 0 aliphatic heterocycles. The minimum Gasteiger partial charge on any atom is -0.369 e. The first kappa shape index (κ1) is 12.9. The van der Waals surface area contributed by atoms with Crippen LogP contribution >= 0.6 is 0 Å². The van der Waals surface area contributed by atoms with Crippen LogP contribution in [0, 0.1) is 0 Å². The molecule has 1 heterocycles. The molecule has 2 aliphatic rings. The monoisotopic (exact) mass is 259 g/mol. The molecule has 1 aromatic heterocycles. The minimum absolute atomic E-state index is 0.747. The Hall–Kier alpha value is -1.09. The molecule has 0 radical (unpaired) electrons. The molecule has 0 saturated heterocycles. The van der Waals surface area contributed by atoms with Gasteiger partial charge in [0.1, 0.15) is 0 Å². The zero-order valence-corrected chi connectivity index (χ0v) is 11.9. The normalized spacial score (nSPS) is 19.8. The number of aromatic nitrogens is 1. The third-order valence-electron chi connectivity index (χ3n) is 4.39. The minimum atomic E-state index is 0.747. The van der Waals surface area contributed by atoms with E-state index < -0.39 is 0 Å². The van der Waals surface area contributed by atoms with Crippen molar-refractivity contribution >= 4 is 5.69 Å². The Bertz CT molecular complexity index is 408. The van der Waals surface area contributed by atoms with Gasteiger partial charge in [0, 0.05) is 37.1 Å². The fourth-order valence-corrected chi connectivity index (χ4v) is 3.14. The van der Waals surface area contributed by atoms with Crippen molar-refractivity contribution in [2.24, 2.45) is 0 Å². The lowest BCUT2D eigenvalue weighted by Crippen LogP contribution is -2.33. The summed E-state index contributed by atoms with van der Waals surface area (Å²) in [4.78, 5) is 7.06. The number of anilines is 1. The number of nitrogens with one attached hydrogen (secondary N) is 1. The molecule has 2 saturated carbocycles. The van der Waals surface area contributed by atoms with Gasteiger partial charge in [0.25, 0.3) is 0 Å². The Morgan fingerprint density at radius 1 is 1.26 bits per heavy atom. The zero-order chi connectivity index (χ0) is 13.1. The standard InChI is InChI=1S/C16H25N3/c1-2-19(15-5-3-4-6-15)16-9-10-17-14(11-16)12-18-13-7-8-13/h9-11,13,15,18H,2-8,12H2,1H3. The Balaban J connectivity index is 1.68. The van der Waals surface area contributed by atoms with Crippen LogP contribution in [-0.2, 0) is 6.54 Å². The van der Waals surface area contributed by atoms with Crippen LogP contribution in [0.25, 0.3) is 0 Å². The van der Waals surface area contributed by atoms with Crippen molar-refractivity contribution in [2.45, 2.75) is 64.1 Å². The lowest BCUT2D eigenvalue weighted by molar-refractivity contribution is 0.617. The van der Waals surface area contributed by atoms with Crippen molar-refractivity contribution in [1.29, 1.82) is 0 Å². The molecule has 3 heteroatoms. The van der Waals surface area contributed by atoms with E-state index in [0.717, 1.165) is 25.2 Å². The average molecular weight is 259 g/mol. The summed E-state index contributed by atoms with van der Waals surface area (Å²) in [5, 5.41) is 3.55. The highest BCUT2D eigenvalue weighted by Gasteiger charge is 2.22. The molecule has 1 aromatic rings. The first-order chi connectivity index (χ1) is 9.36. The highest BCUT2D eigenvalue weighted by Crippen LogP contribution is 2.28. The average Bonchev–Trinajstić information content (AvgIpc) is 3.13. The molecule has 104 valence electrons. The first-order valence-electron chi connectivity index (χ1n) is 7.82. The molecule has 3 rings (SSSR count). The van der Waals surface area contributed by atoms with E-state index in [1.807, 2.05) is 6.20 Å². The van der Waals surface area contributed by atoms with E-state index in [1.165, 1.54) is 49.9 Å². The second kappa shape index (κ2) is 5.91. The number of hydrogen-bond acceptors (Lipinski definition) is 3. The van der Waals surface area contributed by atoms with Gasteiger partial charge in [-0.25, -0.2) is 0 Å². The summed E-state index contributed by atoms with van der Waals surface area (Å²) >= 11 is 0.